The van der Waals surface area contributed by atoms with Crippen molar-refractivity contribution >= 4 is 29.2 Å². The Morgan fingerprint density at radius 2 is 1.86 bits per heavy atom. The summed E-state index contributed by atoms with van der Waals surface area (Å²) in [7, 11) is 0. The summed E-state index contributed by atoms with van der Waals surface area (Å²) in [6.45, 7) is 5.43. The van der Waals surface area contributed by atoms with Crippen LogP contribution in [0.4, 0.5) is 5.69 Å². The molecule has 1 amide bonds. The smallest absolute Gasteiger partial charge is 0.371 e. The van der Waals surface area contributed by atoms with Crippen LogP contribution in [0, 0.1) is 5.41 Å². The lowest BCUT2D eigenvalue weighted by Crippen LogP contribution is -2.27. The summed E-state index contributed by atoms with van der Waals surface area (Å²) in [6.07, 6.45) is 0. The summed E-state index contributed by atoms with van der Waals surface area (Å²) in [5, 5.41) is 12.1. The van der Waals surface area contributed by atoms with E-state index in [-0.39, 0.29) is 11.7 Å². The van der Waals surface area contributed by atoms with E-state index in [2.05, 4.69) is 5.32 Å². The van der Waals surface area contributed by atoms with Gasteiger partial charge >= 0.3 is 5.97 Å². The van der Waals surface area contributed by atoms with Crippen LogP contribution in [-0.2, 0) is 4.79 Å². The van der Waals surface area contributed by atoms with E-state index in [1.54, 1.807) is 18.2 Å². The molecule has 0 aliphatic carbocycles. The standard InChI is InChI=1S/C16H16ClNO4/c1-16(2,3)15(21)18-9-4-5-11(17)10(8-9)12-6-7-13(22-12)14(19)20/h4-8H,1-3H3,(H,18,21)(H,19,20). The number of benzene rings is 1. The summed E-state index contributed by atoms with van der Waals surface area (Å²) in [4.78, 5) is 22.9. The summed E-state index contributed by atoms with van der Waals surface area (Å²) < 4.78 is 5.24. The van der Waals surface area contributed by atoms with Gasteiger partial charge in [-0.05, 0) is 30.3 Å². The first kappa shape index (κ1) is 16.1. The topological polar surface area (TPSA) is 79.5 Å². The van der Waals surface area contributed by atoms with E-state index in [1.807, 2.05) is 20.8 Å². The molecule has 5 nitrogen and oxygen atoms in total. The van der Waals surface area contributed by atoms with Gasteiger partial charge < -0.3 is 14.8 Å². The molecule has 22 heavy (non-hydrogen) atoms. The van der Waals surface area contributed by atoms with Crippen LogP contribution in [0.2, 0.25) is 5.02 Å². The Kier molecular flexibility index (Phi) is 4.28. The third kappa shape index (κ3) is 3.49. The SMILES string of the molecule is CC(C)(C)C(=O)Nc1ccc(Cl)c(-c2ccc(C(=O)O)o2)c1. The highest BCUT2D eigenvalue weighted by molar-refractivity contribution is 6.33. The number of hydrogen-bond acceptors (Lipinski definition) is 3. The lowest BCUT2D eigenvalue weighted by molar-refractivity contribution is -0.123. The summed E-state index contributed by atoms with van der Waals surface area (Å²) in [5.41, 5.74) is 0.550. The molecule has 2 N–H and O–H groups in total. The second kappa shape index (κ2) is 5.85. The largest absolute Gasteiger partial charge is 0.475 e. The Labute approximate surface area is 132 Å². The number of carboxylic acid groups (broad SMARTS) is 1. The molecule has 2 aromatic rings. The second-order valence-corrected chi connectivity index (χ2v) is 6.27. The first-order valence-corrected chi connectivity index (χ1v) is 7.01. The molecular weight excluding hydrogens is 306 g/mol. The molecule has 0 saturated heterocycles. The fourth-order valence-electron chi connectivity index (χ4n) is 1.71. The van der Waals surface area contributed by atoms with Crippen molar-refractivity contribution in [3.63, 3.8) is 0 Å². The van der Waals surface area contributed by atoms with Gasteiger partial charge in [-0.3, -0.25) is 4.79 Å². The van der Waals surface area contributed by atoms with Gasteiger partial charge in [-0.1, -0.05) is 32.4 Å². The van der Waals surface area contributed by atoms with Crippen LogP contribution in [0.3, 0.4) is 0 Å². The highest BCUT2D eigenvalue weighted by Crippen LogP contribution is 2.32. The first-order chi connectivity index (χ1) is 10.2. The number of halogens is 1. The maximum absolute atomic E-state index is 12.0. The molecule has 1 heterocycles. The van der Waals surface area contributed by atoms with E-state index < -0.39 is 11.4 Å². The van der Waals surface area contributed by atoms with E-state index in [0.29, 0.717) is 22.0 Å². The minimum atomic E-state index is -1.15. The van der Waals surface area contributed by atoms with Crippen LogP contribution in [-0.4, -0.2) is 17.0 Å². The zero-order chi connectivity index (χ0) is 16.5. The van der Waals surface area contributed by atoms with Gasteiger partial charge in [0.15, 0.2) is 0 Å². The van der Waals surface area contributed by atoms with Crippen molar-refractivity contribution in [2.24, 2.45) is 5.41 Å². The molecule has 0 spiro atoms. The highest BCUT2D eigenvalue weighted by Gasteiger charge is 2.21. The minimum absolute atomic E-state index is 0.133. The van der Waals surface area contributed by atoms with Crippen molar-refractivity contribution in [2.75, 3.05) is 5.32 Å². The maximum atomic E-state index is 12.0. The number of carbonyl (C=O) groups excluding carboxylic acids is 1. The van der Waals surface area contributed by atoms with Crippen molar-refractivity contribution in [2.45, 2.75) is 20.8 Å². The van der Waals surface area contributed by atoms with Crippen molar-refractivity contribution in [3.8, 4) is 11.3 Å². The number of anilines is 1. The summed E-state index contributed by atoms with van der Waals surface area (Å²) >= 11 is 6.13. The molecule has 0 atom stereocenters. The molecular formula is C16H16ClNO4. The molecule has 6 heteroatoms. The molecule has 0 bridgehead atoms. The van der Waals surface area contributed by atoms with E-state index >= 15 is 0 Å². The Bertz CT molecular complexity index is 728. The zero-order valence-electron chi connectivity index (χ0n) is 12.4. The zero-order valence-corrected chi connectivity index (χ0v) is 13.2. The van der Waals surface area contributed by atoms with E-state index in [4.69, 9.17) is 21.1 Å². The number of hydrogen-bond donors (Lipinski definition) is 2. The Morgan fingerprint density at radius 1 is 1.18 bits per heavy atom. The molecule has 0 radical (unpaired) electrons. The van der Waals surface area contributed by atoms with Crippen LogP contribution in [0.1, 0.15) is 31.3 Å². The van der Waals surface area contributed by atoms with Gasteiger partial charge in [0.25, 0.3) is 0 Å². The third-order valence-electron chi connectivity index (χ3n) is 2.99. The van der Waals surface area contributed by atoms with Gasteiger partial charge in [-0.2, -0.15) is 0 Å². The number of carbonyl (C=O) groups is 2. The highest BCUT2D eigenvalue weighted by atomic mass is 35.5. The average molecular weight is 322 g/mol. The fourth-order valence-corrected chi connectivity index (χ4v) is 1.92. The summed E-state index contributed by atoms with van der Waals surface area (Å²) in [6, 6.07) is 7.83. The number of carboxylic acids is 1. The van der Waals surface area contributed by atoms with Gasteiger partial charge in [-0.25, -0.2) is 4.79 Å². The number of aromatic carboxylic acids is 1. The van der Waals surface area contributed by atoms with Crippen molar-refractivity contribution in [1.82, 2.24) is 0 Å². The molecule has 0 fully saturated rings. The lowest BCUT2D eigenvalue weighted by Gasteiger charge is -2.18. The van der Waals surface area contributed by atoms with E-state index in [9.17, 15) is 9.59 Å². The van der Waals surface area contributed by atoms with Gasteiger partial charge in [0, 0.05) is 16.7 Å². The fraction of sp³-hybridized carbons (Fsp3) is 0.250. The molecule has 0 unspecified atom stereocenters. The predicted molar refractivity (Wildman–Crippen MR) is 84.2 cm³/mol. The van der Waals surface area contributed by atoms with Crippen molar-refractivity contribution in [1.29, 1.82) is 0 Å². The number of nitrogens with one attached hydrogen (secondary N) is 1. The third-order valence-corrected chi connectivity index (χ3v) is 3.32. The van der Waals surface area contributed by atoms with Crippen LogP contribution >= 0.6 is 11.6 Å². The predicted octanol–water partition coefficient (Wildman–Crippen LogP) is 4.28. The average Bonchev–Trinajstić information content (AvgIpc) is 2.89. The number of furan rings is 1. The van der Waals surface area contributed by atoms with Crippen LogP contribution in [0.5, 0.6) is 0 Å². The molecule has 0 aliphatic rings. The minimum Gasteiger partial charge on any atom is -0.475 e. The molecule has 1 aromatic heterocycles. The quantitative estimate of drug-likeness (QED) is 0.884. The summed E-state index contributed by atoms with van der Waals surface area (Å²) in [5.74, 6) is -1.13. The van der Waals surface area contributed by atoms with E-state index in [0.717, 1.165) is 0 Å². The second-order valence-electron chi connectivity index (χ2n) is 5.87. The Balaban J connectivity index is 2.34. The van der Waals surface area contributed by atoms with Gasteiger partial charge in [0.2, 0.25) is 11.7 Å². The Hall–Kier alpha value is -2.27. The number of amides is 1. The normalized spacial score (nSPS) is 11.3. The van der Waals surface area contributed by atoms with Crippen LogP contribution in [0.25, 0.3) is 11.3 Å². The molecule has 2 rings (SSSR count). The monoisotopic (exact) mass is 321 g/mol. The Morgan fingerprint density at radius 3 is 2.41 bits per heavy atom. The van der Waals surface area contributed by atoms with Gasteiger partial charge in [0.05, 0.1) is 5.02 Å². The maximum Gasteiger partial charge on any atom is 0.371 e. The first-order valence-electron chi connectivity index (χ1n) is 6.63. The molecule has 0 aliphatic heterocycles. The molecule has 116 valence electrons. The van der Waals surface area contributed by atoms with Gasteiger partial charge in [0.1, 0.15) is 5.76 Å². The molecule has 0 saturated carbocycles. The van der Waals surface area contributed by atoms with Crippen molar-refractivity contribution in [3.05, 3.63) is 41.1 Å². The lowest BCUT2D eigenvalue weighted by atomic mass is 9.95. The van der Waals surface area contributed by atoms with Gasteiger partial charge in [-0.15, -0.1) is 0 Å². The number of rotatable bonds is 3. The van der Waals surface area contributed by atoms with Crippen molar-refractivity contribution < 1.29 is 19.1 Å². The van der Waals surface area contributed by atoms with Crippen LogP contribution in [0.15, 0.2) is 34.7 Å². The molecule has 1 aromatic carbocycles. The van der Waals surface area contributed by atoms with Crippen LogP contribution < -0.4 is 5.32 Å². The van der Waals surface area contributed by atoms with E-state index in [1.165, 1.54) is 12.1 Å².